The van der Waals surface area contributed by atoms with Crippen molar-refractivity contribution in [2.75, 3.05) is 0 Å². The van der Waals surface area contributed by atoms with E-state index in [1.807, 2.05) is 60.7 Å². The molecule has 0 amide bonds. The lowest BCUT2D eigenvalue weighted by molar-refractivity contribution is 0.205. The molecule has 2 rings (SSSR count). The zero-order valence-corrected chi connectivity index (χ0v) is 10.8. The first kappa shape index (κ1) is 14.1. The first-order chi connectivity index (χ1) is 9.16. The van der Waals surface area contributed by atoms with Gasteiger partial charge in [0.1, 0.15) is 7.47 Å². The van der Waals surface area contributed by atoms with E-state index in [9.17, 15) is 4.57 Å². The molecule has 0 saturated carbocycles. The Morgan fingerprint density at radius 2 is 1.16 bits per heavy atom. The molecule has 0 aliphatic carbocycles. The fourth-order valence-corrected chi connectivity index (χ4v) is 2.02. The quantitative estimate of drug-likeness (QED) is 0.600. The van der Waals surface area contributed by atoms with Gasteiger partial charge in [-0.3, -0.25) is 0 Å². The van der Waals surface area contributed by atoms with Gasteiger partial charge in [-0.15, -0.1) is 0 Å². The highest BCUT2D eigenvalue weighted by molar-refractivity contribution is 7.79. The second kappa shape index (κ2) is 6.71. The van der Waals surface area contributed by atoms with Crippen LogP contribution in [0.5, 0.6) is 0 Å². The molecule has 0 bridgehead atoms. The van der Waals surface area contributed by atoms with E-state index in [1.165, 1.54) is 0 Å². The highest BCUT2D eigenvalue weighted by Gasteiger charge is 2.10. The Kier molecular flexibility index (Phi) is 4.97. The topological polar surface area (TPSA) is 35.5 Å². The molecule has 19 heavy (non-hydrogen) atoms. The van der Waals surface area contributed by atoms with Gasteiger partial charge >= 0.3 is 0 Å². The third-order valence-electron chi connectivity index (χ3n) is 2.36. The highest BCUT2D eigenvalue weighted by Crippen LogP contribution is 2.44. The van der Waals surface area contributed by atoms with Crippen molar-refractivity contribution < 1.29 is 13.6 Å². The first-order valence-corrected chi connectivity index (χ1v) is 6.75. The zero-order chi connectivity index (χ0) is 13.6. The number of hydrogen-bond donors (Lipinski definition) is 0. The third-order valence-corrected chi connectivity index (χ3v) is 3.04. The van der Waals surface area contributed by atoms with Crippen LogP contribution in [0, 0.1) is 0 Å². The molecule has 0 aromatic heterocycles. The predicted octanol–water partition coefficient (Wildman–Crippen LogP) is 2.89. The van der Waals surface area contributed by atoms with Crippen molar-refractivity contribution in [3.8, 4) is 0 Å². The van der Waals surface area contributed by atoms with Gasteiger partial charge in [-0.2, -0.15) is 0 Å². The van der Waals surface area contributed by atoms with Gasteiger partial charge in [-0.05, 0) is 11.1 Å². The van der Waals surface area contributed by atoms with Crippen molar-refractivity contribution in [3.05, 3.63) is 71.8 Å². The molecule has 2 aromatic carbocycles. The summed E-state index contributed by atoms with van der Waals surface area (Å²) in [6.07, 6.45) is 0. The maximum absolute atomic E-state index is 12.2. The summed E-state index contributed by atoms with van der Waals surface area (Å²) in [6, 6.07) is 19.5. The van der Waals surface area contributed by atoms with Crippen LogP contribution in [-0.4, -0.2) is 7.57 Å². The lowest BCUT2D eigenvalue weighted by atomic mass is 10.2. The molecule has 2 aromatic rings. The fraction of sp³-hybridized carbons (Fsp3) is 0.143. The van der Waals surface area contributed by atoms with Gasteiger partial charge in [0.15, 0.2) is 0 Å². The average molecular weight is 275 g/mol. The summed E-state index contributed by atoms with van der Waals surface area (Å²) in [5, 5.41) is 0. The van der Waals surface area contributed by atoms with Crippen LogP contribution < -0.4 is 0 Å². The van der Waals surface area contributed by atoms with Crippen molar-refractivity contribution in [2.45, 2.75) is 13.2 Å². The molecule has 0 aliphatic heterocycles. The van der Waals surface area contributed by atoms with Gasteiger partial charge < -0.3 is 13.6 Å². The van der Waals surface area contributed by atoms with Crippen molar-refractivity contribution in [1.29, 1.82) is 0 Å². The summed E-state index contributed by atoms with van der Waals surface area (Å²) in [7, 11) is -3.29. The summed E-state index contributed by atoms with van der Waals surface area (Å²) >= 11 is 0. The first-order valence-electron chi connectivity index (χ1n) is 5.65. The summed E-state index contributed by atoms with van der Waals surface area (Å²) in [5.41, 5.74) is 2.04. The van der Waals surface area contributed by atoms with E-state index >= 15 is 0 Å². The second-order valence-electron chi connectivity index (χ2n) is 3.74. The Balaban J connectivity index is 1.84. The SMILES string of the molecule is [BH3-]P(=O)(OCc1ccccc1)OCc1ccccc1. The molecule has 5 heteroatoms. The molecule has 0 saturated heterocycles. The minimum absolute atomic E-state index is 0.358. The summed E-state index contributed by atoms with van der Waals surface area (Å²) in [5.74, 6) is 0. The van der Waals surface area contributed by atoms with Crippen molar-refractivity contribution in [1.82, 2.24) is 0 Å². The molecule has 0 aliphatic rings. The summed E-state index contributed by atoms with van der Waals surface area (Å²) in [6.45, 7) is 0.715. The molecular formula is C14H17BO3P-. The number of hydrogen-bond acceptors (Lipinski definition) is 3. The lowest BCUT2D eigenvalue weighted by Crippen LogP contribution is -1.97. The Bertz CT molecular complexity index is 498. The van der Waals surface area contributed by atoms with Crippen LogP contribution in [0.1, 0.15) is 11.1 Å². The van der Waals surface area contributed by atoms with Crippen LogP contribution in [-0.2, 0) is 26.8 Å². The van der Waals surface area contributed by atoms with Gasteiger partial charge in [0.2, 0.25) is 0 Å². The minimum Gasteiger partial charge on any atom is -0.333 e. The van der Waals surface area contributed by atoms with Crippen molar-refractivity contribution in [3.63, 3.8) is 0 Å². The molecular weight excluding hydrogens is 258 g/mol. The number of benzene rings is 2. The summed E-state index contributed by atoms with van der Waals surface area (Å²) in [4.78, 5) is 0. The summed E-state index contributed by atoms with van der Waals surface area (Å²) < 4.78 is 23.2. The van der Waals surface area contributed by atoms with Gasteiger partial charge in [0, 0.05) is 0 Å². The van der Waals surface area contributed by atoms with Crippen LogP contribution in [0.2, 0.25) is 0 Å². The Morgan fingerprint density at radius 3 is 1.53 bits per heavy atom. The normalized spacial score (nSPS) is 11.4. The van der Waals surface area contributed by atoms with Gasteiger partial charge in [-0.25, -0.2) is 0 Å². The van der Waals surface area contributed by atoms with E-state index < -0.39 is 15.0 Å². The Labute approximate surface area is 114 Å². The van der Waals surface area contributed by atoms with Gasteiger partial charge in [0.25, 0.3) is 0 Å². The Hall–Kier alpha value is -1.35. The van der Waals surface area contributed by atoms with E-state index in [0.29, 0.717) is 13.2 Å². The van der Waals surface area contributed by atoms with E-state index in [4.69, 9.17) is 9.05 Å². The molecule has 100 valence electrons. The zero-order valence-electron chi connectivity index (χ0n) is 9.86. The highest BCUT2D eigenvalue weighted by atomic mass is 31.2. The van der Waals surface area contributed by atoms with E-state index in [2.05, 4.69) is 0 Å². The van der Waals surface area contributed by atoms with E-state index in [-0.39, 0.29) is 0 Å². The molecule has 0 spiro atoms. The van der Waals surface area contributed by atoms with E-state index in [1.54, 1.807) is 0 Å². The van der Waals surface area contributed by atoms with Crippen molar-refractivity contribution in [2.24, 2.45) is 0 Å². The average Bonchev–Trinajstić information content (AvgIpc) is 2.46. The molecule has 0 N–H and O–H groups in total. The van der Waals surface area contributed by atoms with Gasteiger partial charge in [-0.1, -0.05) is 60.7 Å². The second-order valence-corrected chi connectivity index (χ2v) is 4.71. The fourth-order valence-electron chi connectivity index (χ4n) is 1.44. The van der Waals surface area contributed by atoms with Crippen LogP contribution in [0.25, 0.3) is 0 Å². The maximum Gasteiger partial charge on any atom is 0.147 e. The molecule has 3 nitrogen and oxygen atoms in total. The van der Waals surface area contributed by atoms with Crippen molar-refractivity contribution >= 4 is 15.0 Å². The maximum atomic E-state index is 12.2. The predicted molar refractivity (Wildman–Crippen MR) is 80.0 cm³/mol. The van der Waals surface area contributed by atoms with Crippen LogP contribution in [0.3, 0.4) is 0 Å². The smallest absolute Gasteiger partial charge is 0.147 e. The van der Waals surface area contributed by atoms with E-state index in [0.717, 1.165) is 11.1 Å². The minimum atomic E-state index is -2.77. The van der Waals surface area contributed by atoms with Crippen LogP contribution >= 0.6 is 7.47 Å². The monoisotopic (exact) mass is 275 g/mol. The number of rotatable bonds is 6. The molecule has 0 heterocycles. The Morgan fingerprint density at radius 1 is 0.789 bits per heavy atom. The molecule has 0 fully saturated rings. The van der Waals surface area contributed by atoms with Crippen LogP contribution in [0.15, 0.2) is 60.7 Å². The molecule has 0 atom stereocenters. The lowest BCUT2D eigenvalue weighted by Gasteiger charge is -2.19. The van der Waals surface area contributed by atoms with Crippen LogP contribution in [0.4, 0.5) is 0 Å². The van der Waals surface area contributed by atoms with Gasteiger partial charge in [0.05, 0.1) is 20.8 Å². The molecule has 0 radical (unpaired) electrons. The largest absolute Gasteiger partial charge is 0.333 e. The molecule has 0 unspecified atom stereocenters. The standard InChI is InChI=1S/C14H17BO3P/c15-19(16,17-11-13-7-3-1-4-8-13)18-12-14-9-5-2-6-10-14/h1-10H,11-12H2,15H3/q-1. The third kappa shape index (κ3) is 5.03.